The van der Waals surface area contributed by atoms with Gasteiger partial charge in [0, 0.05) is 30.3 Å². The average Bonchev–Trinajstić information content (AvgIpc) is 2.84. The molecule has 0 saturated heterocycles. The number of oxazole rings is 1. The molecular weight excluding hydrogens is 342 g/mol. The van der Waals surface area contributed by atoms with Crippen LogP contribution in [0.4, 0.5) is 5.69 Å². The van der Waals surface area contributed by atoms with Gasteiger partial charge in [-0.25, -0.2) is 4.79 Å². The number of hydrogen-bond acceptors (Lipinski definition) is 5. The molecule has 2 aromatic carbocycles. The van der Waals surface area contributed by atoms with Gasteiger partial charge < -0.3 is 19.7 Å². The van der Waals surface area contributed by atoms with E-state index in [2.05, 4.69) is 5.32 Å². The maximum Gasteiger partial charge on any atom is 0.419 e. The molecule has 2 N–H and O–H groups in total. The lowest BCUT2D eigenvalue weighted by atomic mass is 10.2. The molecule has 0 fully saturated rings. The largest absolute Gasteiger partial charge is 0.508 e. The quantitative estimate of drug-likeness (QED) is 0.706. The van der Waals surface area contributed by atoms with Crippen molar-refractivity contribution in [1.82, 2.24) is 9.47 Å². The molecule has 1 aromatic heterocycles. The van der Waals surface area contributed by atoms with Crippen molar-refractivity contribution in [3.63, 3.8) is 0 Å². The van der Waals surface area contributed by atoms with E-state index in [1.807, 2.05) is 31.1 Å². The van der Waals surface area contributed by atoms with Crippen LogP contribution in [0.2, 0.25) is 5.02 Å². The standard InChI is InChI=1S/C18H20ClN3O3/c1-21(2)5-6-22-16-10-14(3-4-17(16)25-18(22)24)20-11-12-7-13(19)9-15(23)8-12/h3-4,7-10,20,23H,5-6,11H2,1-2H3. The Bertz CT molecular complexity index is 926. The van der Waals surface area contributed by atoms with Crippen LogP contribution in [0, 0.1) is 0 Å². The summed E-state index contributed by atoms with van der Waals surface area (Å²) < 4.78 is 6.92. The predicted molar refractivity (Wildman–Crippen MR) is 99.5 cm³/mol. The molecule has 0 aliphatic heterocycles. The van der Waals surface area contributed by atoms with Crippen molar-refractivity contribution in [2.24, 2.45) is 0 Å². The van der Waals surface area contributed by atoms with Crippen LogP contribution < -0.4 is 11.1 Å². The summed E-state index contributed by atoms with van der Waals surface area (Å²) in [6.45, 7) is 1.80. The van der Waals surface area contributed by atoms with Gasteiger partial charge in [-0.1, -0.05) is 11.6 Å². The van der Waals surface area contributed by atoms with Crippen LogP contribution in [0.25, 0.3) is 11.1 Å². The van der Waals surface area contributed by atoms with E-state index in [1.54, 1.807) is 22.8 Å². The highest BCUT2D eigenvalue weighted by atomic mass is 35.5. The first-order chi connectivity index (χ1) is 11.9. The van der Waals surface area contributed by atoms with Crippen molar-refractivity contribution >= 4 is 28.4 Å². The topological polar surface area (TPSA) is 70.6 Å². The number of nitrogens with one attached hydrogen (secondary N) is 1. The lowest BCUT2D eigenvalue weighted by Gasteiger charge is -2.10. The second-order valence-electron chi connectivity index (χ2n) is 6.18. The van der Waals surface area contributed by atoms with Gasteiger partial charge in [-0.15, -0.1) is 0 Å². The van der Waals surface area contributed by atoms with Gasteiger partial charge in [0.2, 0.25) is 0 Å². The number of aromatic nitrogens is 1. The first-order valence-corrected chi connectivity index (χ1v) is 8.30. The van der Waals surface area contributed by atoms with E-state index in [0.717, 1.165) is 23.3 Å². The van der Waals surface area contributed by atoms with Crippen LogP contribution in [0.5, 0.6) is 5.75 Å². The molecule has 0 spiro atoms. The fraction of sp³-hybridized carbons (Fsp3) is 0.278. The van der Waals surface area contributed by atoms with E-state index in [0.29, 0.717) is 23.7 Å². The van der Waals surface area contributed by atoms with Crippen molar-refractivity contribution in [3.8, 4) is 5.75 Å². The Balaban J connectivity index is 1.82. The van der Waals surface area contributed by atoms with Crippen molar-refractivity contribution in [1.29, 1.82) is 0 Å². The Morgan fingerprint density at radius 2 is 2.04 bits per heavy atom. The third kappa shape index (κ3) is 4.15. The lowest BCUT2D eigenvalue weighted by molar-refractivity contribution is 0.374. The fourth-order valence-corrected chi connectivity index (χ4v) is 2.88. The van der Waals surface area contributed by atoms with Crippen molar-refractivity contribution in [2.45, 2.75) is 13.1 Å². The highest BCUT2D eigenvalue weighted by Crippen LogP contribution is 2.22. The zero-order valence-corrected chi connectivity index (χ0v) is 14.9. The Labute approximate surface area is 150 Å². The SMILES string of the molecule is CN(C)CCn1c(=O)oc2ccc(NCc3cc(O)cc(Cl)c3)cc21. The highest BCUT2D eigenvalue weighted by molar-refractivity contribution is 6.30. The molecule has 0 aliphatic rings. The first kappa shape index (κ1) is 17.4. The van der Waals surface area contributed by atoms with Gasteiger partial charge in [-0.3, -0.25) is 4.57 Å². The van der Waals surface area contributed by atoms with Gasteiger partial charge in [0.05, 0.1) is 5.52 Å². The van der Waals surface area contributed by atoms with Gasteiger partial charge in [0.25, 0.3) is 0 Å². The van der Waals surface area contributed by atoms with Gasteiger partial charge in [0.15, 0.2) is 5.58 Å². The van der Waals surface area contributed by atoms with Crippen LogP contribution in [0.15, 0.2) is 45.6 Å². The van der Waals surface area contributed by atoms with Gasteiger partial charge in [0.1, 0.15) is 5.75 Å². The molecule has 6 nitrogen and oxygen atoms in total. The molecule has 3 aromatic rings. The molecule has 0 unspecified atom stereocenters. The molecule has 0 aliphatic carbocycles. The summed E-state index contributed by atoms with van der Waals surface area (Å²) in [4.78, 5) is 14.0. The molecule has 0 bridgehead atoms. The van der Waals surface area contributed by atoms with Gasteiger partial charge in [-0.05, 0) is 56.1 Å². The minimum absolute atomic E-state index is 0.132. The van der Waals surface area contributed by atoms with Crippen molar-refractivity contribution in [2.75, 3.05) is 26.0 Å². The minimum Gasteiger partial charge on any atom is -0.508 e. The molecule has 3 rings (SSSR count). The number of likely N-dealkylation sites (N-methyl/N-ethyl adjacent to an activating group) is 1. The number of phenolic OH excluding ortho intramolecular Hbond substituents is 1. The monoisotopic (exact) mass is 361 g/mol. The number of fused-ring (bicyclic) bond motifs is 1. The van der Waals surface area contributed by atoms with E-state index in [-0.39, 0.29) is 11.5 Å². The summed E-state index contributed by atoms with van der Waals surface area (Å²) in [7, 11) is 3.92. The van der Waals surface area contributed by atoms with Crippen LogP contribution in [-0.2, 0) is 13.1 Å². The summed E-state index contributed by atoms with van der Waals surface area (Å²) in [6.07, 6.45) is 0. The van der Waals surface area contributed by atoms with Crippen LogP contribution in [-0.4, -0.2) is 35.2 Å². The molecule has 1 heterocycles. The zero-order valence-electron chi connectivity index (χ0n) is 14.1. The molecule has 0 radical (unpaired) electrons. The summed E-state index contributed by atoms with van der Waals surface area (Å²) in [5, 5.41) is 13.4. The van der Waals surface area contributed by atoms with E-state index < -0.39 is 0 Å². The van der Waals surface area contributed by atoms with E-state index in [9.17, 15) is 9.90 Å². The van der Waals surface area contributed by atoms with E-state index >= 15 is 0 Å². The molecule has 0 saturated carbocycles. The van der Waals surface area contributed by atoms with Crippen LogP contribution in [0.1, 0.15) is 5.56 Å². The zero-order chi connectivity index (χ0) is 18.0. The van der Waals surface area contributed by atoms with E-state index in [1.165, 1.54) is 6.07 Å². The third-order valence-electron chi connectivity index (χ3n) is 3.88. The summed E-state index contributed by atoms with van der Waals surface area (Å²) in [5.41, 5.74) is 3.04. The lowest BCUT2D eigenvalue weighted by Crippen LogP contribution is -2.23. The van der Waals surface area contributed by atoms with Crippen molar-refractivity contribution < 1.29 is 9.52 Å². The van der Waals surface area contributed by atoms with Crippen LogP contribution in [0.3, 0.4) is 0 Å². The number of rotatable bonds is 6. The first-order valence-electron chi connectivity index (χ1n) is 7.93. The number of nitrogens with zero attached hydrogens (tertiary/aromatic N) is 2. The molecule has 0 amide bonds. The number of anilines is 1. The Morgan fingerprint density at radius 3 is 2.76 bits per heavy atom. The van der Waals surface area contributed by atoms with Crippen molar-refractivity contribution in [3.05, 3.63) is 57.5 Å². The summed E-state index contributed by atoms with van der Waals surface area (Å²) in [6, 6.07) is 10.5. The number of hydrogen-bond donors (Lipinski definition) is 2. The fourth-order valence-electron chi connectivity index (χ4n) is 2.62. The summed E-state index contributed by atoms with van der Waals surface area (Å²) in [5.74, 6) is -0.221. The van der Waals surface area contributed by atoms with Gasteiger partial charge >= 0.3 is 5.76 Å². The minimum atomic E-state index is -0.353. The average molecular weight is 362 g/mol. The molecule has 132 valence electrons. The number of benzene rings is 2. The normalized spacial score (nSPS) is 11.4. The van der Waals surface area contributed by atoms with Crippen LogP contribution >= 0.6 is 11.6 Å². The second-order valence-corrected chi connectivity index (χ2v) is 6.61. The molecule has 25 heavy (non-hydrogen) atoms. The molecule has 0 atom stereocenters. The Hall–Kier alpha value is -2.44. The molecule has 7 heteroatoms. The predicted octanol–water partition coefficient (Wildman–Crippen LogP) is 3.13. The maximum atomic E-state index is 12.0. The third-order valence-corrected chi connectivity index (χ3v) is 4.10. The van der Waals surface area contributed by atoms with Gasteiger partial charge in [-0.2, -0.15) is 0 Å². The number of halogens is 1. The number of phenols is 1. The number of aromatic hydroxyl groups is 1. The summed E-state index contributed by atoms with van der Waals surface area (Å²) >= 11 is 5.95. The maximum absolute atomic E-state index is 12.0. The highest BCUT2D eigenvalue weighted by Gasteiger charge is 2.10. The Morgan fingerprint density at radius 1 is 1.24 bits per heavy atom. The molecular formula is C18H20ClN3O3. The smallest absolute Gasteiger partial charge is 0.419 e. The Kier molecular flexibility index (Phi) is 5.01. The second kappa shape index (κ2) is 7.21. The van der Waals surface area contributed by atoms with E-state index in [4.69, 9.17) is 16.0 Å².